The molecule has 130 valence electrons. The maximum atomic E-state index is 12.7. The average molecular weight is 354 g/mol. The topological polar surface area (TPSA) is 92.5 Å². The highest BCUT2D eigenvalue weighted by Gasteiger charge is 2.33. The molecule has 0 aromatic heterocycles. The van der Waals surface area contributed by atoms with E-state index in [0.717, 1.165) is 57.7 Å². The third-order valence-electron chi connectivity index (χ3n) is 4.56. The minimum absolute atomic E-state index is 0. The Morgan fingerprint density at radius 1 is 1.23 bits per heavy atom. The van der Waals surface area contributed by atoms with Gasteiger partial charge in [0.05, 0.1) is 6.26 Å². The van der Waals surface area contributed by atoms with Gasteiger partial charge in [-0.05, 0) is 38.5 Å². The van der Waals surface area contributed by atoms with Crippen LogP contribution in [0, 0.1) is 5.92 Å². The zero-order valence-electron chi connectivity index (χ0n) is 13.2. The van der Waals surface area contributed by atoms with Crippen molar-refractivity contribution >= 4 is 28.3 Å². The molecule has 22 heavy (non-hydrogen) atoms. The summed E-state index contributed by atoms with van der Waals surface area (Å²) in [6.07, 6.45) is 7.76. The lowest BCUT2D eigenvalue weighted by Crippen LogP contribution is -2.52. The van der Waals surface area contributed by atoms with E-state index < -0.39 is 10.0 Å². The quantitative estimate of drug-likeness (QED) is 0.783. The van der Waals surface area contributed by atoms with Gasteiger partial charge in [0.25, 0.3) is 0 Å². The molecule has 6 nitrogen and oxygen atoms in total. The van der Waals surface area contributed by atoms with Crippen LogP contribution in [-0.4, -0.2) is 50.7 Å². The summed E-state index contributed by atoms with van der Waals surface area (Å²) >= 11 is 0. The van der Waals surface area contributed by atoms with Gasteiger partial charge >= 0.3 is 0 Å². The number of nitrogens with zero attached hydrogens (tertiary/aromatic N) is 1. The molecule has 1 saturated heterocycles. The molecule has 8 heteroatoms. The van der Waals surface area contributed by atoms with Crippen LogP contribution in [0.15, 0.2) is 0 Å². The van der Waals surface area contributed by atoms with E-state index in [0.29, 0.717) is 6.54 Å². The molecule has 1 heterocycles. The SMILES string of the molecule is CS(=O)(=O)NCC1CCCCN1C(=O)C1CCCC(N)C1.Cl. The van der Waals surface area contributed by atoms with E-state index in [1.807, 2.05) is 4.90 Å². The lowest BCUT2D eigenvalue weighted by molar-refractivity contribution is -0.140. The number of amides is 1. The lowest BCUT2D eigenvalue weighted by atomic mass is 9.84. The normalized spacial score (nSPS) is 29.7. The summed E-state index contributed by atoms with van der Waals surface area (Å²) in [7, 11) is -3.21. The minimum Gasteiger partial charge on any atom is -0.338 e. The Kier molecular flexibility index (Phi) is 7.58. The van der Waals surface area contributed by atoms with Gasteiger partial charge in [-0.1, -0.05) is 6.42 Å². The number of piperidine rings is 1. The standard InChI is InChI=1S/C14H27N3O3S.ClH/c1-21(19,20)16-10-13-7-2-3-8-17(13)14(18)11-5-4-6-12(15)9-11;/h11-13,16H,2-10,15H2,1H3;1H. The number of hydrogen-bond acceptors (Lipinski definition) is 4. The molecule has 1 saturated carbocycles. The van der Waals surface area contributed by atoms with E-state index in [1.54, 1.807) is 0 Å². The predicted molar refractivity (Wildman–Crippen MR) is 89.4 cm³/mol. The van der Waals surface area contributed by atoms with Gasteiger partial charge in [0.1, 0.15) is 0 Å². The van der Waals surface area contributed by atoms with Gasteiger partial charge in [-0.15, -0.1) is 12.4 Å². The van der Waals surface area contributed by atoms with Crippen molar-refractivity contribution in [1.29, 1.82) is 0 Å². The molecular formula is C14H28ClN3O3S. The number of carbonyl (C=O) groups is 1. The number of halogens is 1. The summed E-state index contributed by atoms with van der Waals surface area (Å²) in [6, 6.07) is 0.115. The Morgan fingerprint density at radius 2 is 1.95 bits per heavy atom. The van der Waals surface area contributed by atoms with Gasteiger partial charge in [-0.2, -0.15) is 0 Å². The van der Waals surface area contributed by atoms with Crippen molar-refractivity contribution < 1.29 is 13.2 Å². The summed E-state index contributed by atoms with van der Waals surface area (Å²) in [6.45, 7) is 1.06. The number of hydrogen-bond donors (Lipinski definition) is 2. The molecule has 3 unspecified atom stereocenters. The van der Waals surface area contributed by atoms with Gasteiger partial charge in [0.15, 0.2) is 0 Å². The smallest absolute Gasteiger partial charge is 0.226 e. The molecule has 0 aromatic rings. The van der Waals surface area contributed by atoms with Crippen LogP contribution < -0.4 is 10.5 Å². The second-order valence-corrected chi connectivity index (χ2v) is 8.26. The molecule has 0 radical (unpaired) electrons. The van der Waals surface area contributed by atoms with E-state index in [-0.39, 0.29) is 36.3 Å². The number of carbonyl (C=O) groups excluding carboxylic acids is 1. The molecule has 1 aliphatic heterocycles. The highest BCUT2D eigenvalue weighted by Crippen LogP contribution is 2.28. The third-order valence-corrected chi connectivity index (χ3v) is 5.25. The number of nitrogens with two attached hydrogens (primary N) is 1. The molecule has 2 fully saturated rings. The second-order valence-electron chi connectivity index (χ2n) is 6.43. The summed E-state index contributed by atoms with van der Waals surface area (Å²) < 4.78 is 25.1. The van der Waals surface area contributed by atoms with Crippen molar-refractivity contribution in [3.8, 4) is 0 Å². The van der Waals surface area contributed by atoms with Crippen molar-refractivity contribution in [2.45, 2.75) is 57.0 Å². The van der Waals surface area contributed by atoms with Crippen molar-refractivity contribution in [3.63, 3.8) is 0 Å². The van der Waals surface area contributed by atoms with Gasteiger partial charge in [-0.25, -0.2) is 13.1 Å². The van der Waals surface area contributed by atoms with E-state index in [9.17, 15) is 13.2 Å². The average Bonchev–Trinajstić information content (AvgIpc) is 2.44. The molecule has 0 spiro atoms. The first kappa shape index (κ1) is 19.7. The second kappa shape index (κ2) is 8.47. The fourth-order valence-electron chi connectivity index (χ4n) is 3.44. The largest absolute Gasteiger partial charge is 0.338 e. The summed E-state index contributed by atoms with van der Waals surface area (Å²) in [5.41, 5.74) is 5.98. The maximum Gasteiger partial charge on any atom is 0.226 e. The Bertz CT molecular complexity index is 472. The van der Waals surface area contributed by atoms with Gasteiger partial charge in [-0.3, -0.25) is 4.79 Å². The van der Waals surface area contributed by atoms with Crippen LogP contribution in [0.3, 0.4) is 0 Å². The Morgan fingerprint density at radius 3 is 2.59 bits per heavy atom. The maximum absolute atomic E-state index is 12.7. The fraction of sp³-hybridized carbons (Fsp3) is 0.929. The van der Waals surface area contributed by atoms with Crippen LogP contribution in [0.25, 0.3) is 0 Å². The fourth-order valence-corrected chi connectivity index (χ4v) is 3.93. The van der Waals surface area contributed by atoms with E-state index in [2.05, 4.69) is 4.72 Å². The third kappa shape index (κ3) is 5.68. The molecule has 3 N–H and O–H groups in total. The molecule has 2 rings (SSSR count). The van der Waals surface area contributed by atoms with E-state index >= 15 is 0 Å². The van der Waals surface area contributed by atoms with Crippen molar-refractivity contribution in [1.82, 2.24) is 9.62 Å². The summed E-state index contributed by atoms with van der Waals surface area (Å²) in [5.74, 6) is 0.192. The highest BCUT2D eigenvalue weighted by atomic mass is 35.5. The number of sulfonamides is 1. The van der Waals surface area contributed by atoms with Crippen LogP contribution in [0.2, 0.25) is 0 Å². The van der Waals surface area contributed by atoms with Crippen LogP contribution in [0.5, 0.6) is 0 Å². The Hall–Kier alpha value is -0.370. The molecule has 0 aromatic carbocycles. The Labute approximate surface area is 139 Å². The number of likely N-dealkylation sites (tertiary alicyclic amines) is 1. The molecule has 0 bridgehead atoms. The monoisotopic (exact) mass is 353 g/mol. The first-order chi connectivity index (χ1) is 9.87. The Balaban J connectivity index is 0.00000242. The van der Waals surface area contributed by atoms with Crippen LogP contribution in [0.4, 0.5) is 0 Å². The molecule has 3 atom stereocenters. The molecular weight excluding hydrogens is 326 g/mol. The van der Waals surface area contributed by atoms with E-state index in [1.165, 1.54) is 0 Å². The highest BCUT2D eigenvalue weighted by molar-refractivity contribution is 7.88. The van der Waals surface area contributed by atoms with Gasteiger partial charge < -0.3 is 10.6 Å². The number of nitrogens with one attached hydrogen (secondary N) is 1. The summed E-state index contributed by atoms with van der Waals surface area (Å²) in [5, 5.41) is 0. The van der Waals surface area contributed by atoms with Crippen molar-refractivity contribution in [2.24, 2.45) is 11.7 Å². The number of rotatable bonds is 4. The summed E-state index contributed by atoms with van der Waals surface area (Å²) in [4.78, 5) is 14.6. The van der Waals surface area contributed by atoms with Gasteiger partial charge in [0, 0.05) is 31.1 Å². The minimum atomic E-state index is -3.21. The van der Waals surface area contributed by atoms with Crippen LogP contribution in [-0.2, 0) is 14.8 Å². The zero-order chi connectivity index (χ0) is 15.5. The first-order valence-corrected chi connectivity index (χ1v) is 9.76. The molecule has 1 amide bonds. The lowest BCUT2D eigenvalue weighted by Gasteiger charge is -2.39. The molecule has 1 aliphatic carbocycles. The van der Waals surface area contributed by atoms with Crippen molar-refractivity contribution in [3.05, 3.63) is 0 Å². The van der Waals surface area contributed by atoms with Crippen molar-refractivity contribution in [2.75, 3.05) is 19.3 Å². The van der Waals surface area contributed by atoms with Crippen LogP contribution >= 0.6 is 12.4 Å². The predicted octanol–water partition coefficient (Wildman–Crippen LogP) is 0.856. The van der Waals surface area contributed by atoms with E-state index in [4.69, 9.17) is 5.73 Å². The zero-order valence-corrected chi connectivity index (χ0v) is 14.8. The van der Waals surface area contributed by atoms with Crippen LogP contribution in [0.1, 0.15) is 44.9 Å². The van der Waals surface area contributed by atoms with Gasteiger partial charge in [0.2, 0.25) is 15.9 Å². The first-order valence-electron chi connectivity index (χ1n) is 7.87. The molecule has 2 aliphatic rings.